The van der Waals surface area contributed by atoms with E-state index in [1.807, 2.05) is 0 Å². The minimum atomic E-state index is -1.27. The molecule has 2 rings (SSSR count). The van der Waals surface area contributed by atoms with Crippen LogP contribution in [0.3, 0.4) is 0 Å². The van der Waals surface area contributed by atoms with E-state index in [1.165, 1.54) is 0 Å². The van der Waals surface area contributed by atoms with E-state index in [0.29, 0.717) is 11.1 Å². The van der Waals surface area contributed by atoms with E-state index in [4.69, 9.17) is 4.74 Å². The van der Waals surface area contributed by atoms with Crippen LogP contribution < -0.4 is 0 Å². The molecule has 2 atom stereocenters. The fourth-order valence-electron chi connectivity index (χ4n) is 2.73. The van der Waals surface area contributed by atoms with Crippen molar-refractivity contribution in [2.24, 2.45) is 5.92 Å². The number of hydrogen-bond donors (Lipinski definition) is 0. The molecule has 6 nitrogen and oxygen atoms in total. The van der Waals surface area contributed by atoms with Crippen molar-refractivity contribution in [2.45, 2.75) is 12.8 Å². The predicted molar refractivity (Wildman–Crippen MR) is 91.9 cm³/mol. The van der Waals surface area contributed by atoms with Crippen LogP contribution in [0.5, 0.6) is 0 Å². The van der Waals surface area contributed by atoms with Crippen LogP contribution in [0.25, 0.3) is 0 Å². The van der Waals surface area contributed by atoms with Gasteiger partial charge in [0.15, 0.2) is 5.78 Å². The van der Waals surface area contributed by atoms with Gasteiger partial charge in [-0.2, -0.15) is 0 Å². The lowest BCUT2D eigenvalue weighted by Gasteiger charge is -2.22. The lowest BCUT2D eigenvalue weighted by molar-refractivity contribution is -0.484. The first-order valence-electron chi connectivity index (χ1n) is 7.97. The molecule has 25 heavy (non-hydrogen) atoms. The van der Waals surface area contributed by atoms with Crippen LogP contribution in [0, 0.1) is 16.0 Å². The zero-order valence-corrected chi connectivity index (χ0v) is 13.8. The Labute approximate surface area is 145 Å². The first-order valence-corrected chi connectivity index (χ1v) is 7.97. The summed E-state index contributed by atoms with van der Waals surface area (Å²) in [6, 6.07) is 16.9. The average molecular weight is 341 g/mol. The summed E-state index contributed by atoms with van der Waals surface area (Å²) in [5.74, 6) is -3.39. The van der Waals surface area contributed by atoms with E-state index in [0.717, 1.165) is 0 Å². The van der Waals surface area contributed by atoms with Crippen molar-refractivity contribution in [3.05, 3.63) is 81.9 Å². The van der Waals surface area contributed by atoms with E-state index in [9.17, 15) is 19.7 Å². The van der Waals surface area contributed by atoms with E-state index in [-0.39, 0.29) is 6.61 Å². The molecule has 0 bridgehead atoms. The molecule has 0 saturated heterocycles. The molecule has 0 spiro atoms. The maximum Gasteiger partial charge on any atom is 0.317 e. The number of ketones is 1. The van der Waals surface area contributed by atoms with Gasteiger partial charge in [0.25, 0.3) is 0 Å². The molecule has 0 N–H and O–H groups in total. The first kappa shape index (κ1) is 18.3. The smallest absolute Gasteiger partial charge is 0.317 e. The van der Waals surface area contributed by atoms with Gasteiger partial charge in [-0.1, -0.05) is 60.7 Å². The number of nitro groups is 1. The number of hydrogen-bond acceptors (Lipinski definition) is 5. The minimum Gasteiger partial charge on any atom is -0.465 e. The zero-order valence-electron chi connectivity index (χ0n) is 13.8. The van der Waals surface area contributed by atoms with Gasteiger partial charge in [-0.25, -0.2) is 0 Å². The number of esters is 1. The number of carbonyl (C=O) groups excluding carboxylic acids is 2. The van der Waals surface area contributed by atoms with Crippen molar-refractivity contribution in [3.63, 3.8) is 0 Å². The summed E-state index contributed by atoms with van der Waals surface area (Å²) in [5.41, 5.74) is 0.881. The maximum atomic E-state index is 12.9. The molecule has 0 saturated carbocycles. The number of nitrogens with zero attached hydrogens (tertiary/aromatic N) is 1. The Hall–Kier alpha value is -3.02. The fourth-order valence-corrected chi connectivity index (χ4v) is 2.73. The van der Waals surface area contributed by atoms with Gasteiger partial charge in [-0.05, 0) is 12.5 Å². The van der Waals surface area contributed by atoms with Gasteiger partial charge in [-0.3, -0.25) is 19.7 Å². The van der Waals surface area contributed by atoms with Gasteiger partial charge in [0.1, 0.15) is 5.92 Å². The zero-order chi connectivity index (χ0) is 18.2. The van der Waals surface area contributed by atoms with E-state index in [1.54, 1.807) is 67.6 Å². The summed E-state index contributed by atoms with van der Waals surface area (Å²) in [6.07, 6.45) is 0. The SMILES string of the molecule is CCOC(=O)[C@@H](C(=O)c1ccccc1)[C@H](C[N+](=O)[O-])c1ccccc1. The van der Waals surface area contributed by atoms with Crippen LogP contribution in [-0.4, -0.2) is 29.8 Å². The van der Waals surface area contributed by atoms with Gasteiger partial charge in [-0.15, -0.1) is 0 Å². The Kier molecular flexibility index (Phi) is 6.39. The largest absolute Gasteiger partial charge is 0.465 e. The number of ether oxygens (including phenoxy) is 1. The number of Topliss-reactive ketones (excluding diaryl/α,β-unsaturated/α-hetero) is 1. The Bertz CT molecular complexity index is 730. The average Bonchev–Trinajstić information content (AvgIpc) is 2.62. The number of rotatable bonds is 8. The van der Waals surface area contributed by atoms with Crippen LogP contribution in [0.2, 0.25) is 0 Å². The summed E-state index contributed by atoms with van der Waals surface area (Å²) < 4.78 is 5.05. The third kappa shape index (κ3) is 4.73. The van der Waals surface area contributed by atoms with Gasteiger partial charge >= 0.3 is 5.97 Å². The van der Waals surface area contributed by atoms with Crippen LogP contribution in [0.4, 0.5) is 0 Å². The van der Waals surface area contributed by atoms with Gasteiger partial charge in [0.05, 0.1) is 12.5 Å². The van der Waals surface area contributed by atoms with E-state index in [2.05, 4.69) is 0 Å². The number of carbonyl (C=O) groups is 2. The summed E-state index contributed by atoms with van der Waals surface area (Å²) in [7, 11) is 0. The van der Waals surface area contributed by atoms with Crippen molar-refractivity contribution >= 4 is 11.8 Å². The Morgan fingerprint density at radius 1 is 1.04 bits per heavy atom. The second-order valence-corrected chi connectivity index (χ2v) is 5.49. The van der Waals surface area contributed by atoms with Crippen LogP contribution >= 0.6 is 0 Å². The van der Waals surface area contributed by atoms with Crippen molar-refractivity contribution in [2.75, 3.05) is 13.2 Å². The van der Waals surface area contributed by atoms with Crippen molar-refractivity contribution in [1.29, 1.82) is 0 Å². The minimum absolute atomic E-state index is 0.0946. The summed E-state index contributed by atoms with van der Waals surface area (Å²) in [5, 5.41) is 11.2. The monoisotopic (exact) mass is 341 g/mol. The van der Waals surface area contributed by atoms with Crippen LogP contribution in [0.15, 0.2) is 60.7 Å². The molecule has 0 unspecified atom stereocenters. The van der Waals surface area contributed by atoms with E-state index >= 15 is 0 Å². The molecule has 0 heterocycles. The Morgan fingerprint density at radius 2 is 1.60 bits per heavy atom. The fraction of sp³-hybridized carbons (Fsp3) is 0.263. The maximum absolute atomic E-state index is 12.9. The van der Waals surface area contributed by atoms with Crippen molar-refractivity contribution < 1.29 is 19.2 Å². The highest BCUT2D eigenvalue weighted by Crippen LogP contribution is 2.29. The normalized spacial score (nSPS) is 12.8. The van der Waals surface area contributed by atoms with Crippen molar-refractivity contribution in [3.8, 4) is 0 Å². The first-order chi connectivity index (χ1) is 12.0. The Morgan fingerprint density at radius 3 is 2.12 bits per heavy atom. The van der Waals surface area contributed by atoms with Crippen molar-refractivity contribution in [1.82, 2.24) is 0 Å². The summed E-state index contributed by atoms with van der Waals surface area (Å²) >= 11 is 0. The lowest BCUT2D eigenvalue weighted by atomic mass is 9.81. The topological polar surface area (TPSA) is 86.5 Å². The highest BCUT2D eigenvalue weighted by molar-refractivity contribution is 6.09. The summed E-state index contributed by atoms with van der Waals surface area (Å²) in [4.78, 5) is 36.1. The molecular formula is C19H19NO5. The quantitative estimate of drug-likeness (QED) is 0.242. The third-order valence-electron chi connectivity index (χ3n) is 3.86. The lowest BCUT2D eigenvalue weighted by Crippen LogP contribution is -2.35. The van der Waals surface area contributed by atoms with Crippen LogP contribution in [0.1, 0.15) is 28.8 Å². The highest BCUT2D eigenvalue weighted by Gasteiger charge is 2.40. The molecule has 6 heteroatoms. The molecule has 130 valence electrons. The molecule has 0 fully saturated rings. The predicted octanol–water partition coefficient (Wildman–Crippen LogP) is 3.11. The molecular weight excluding hydrogens is 322 g/mol. The van der Waals surface area contributed by atoms with Gasteiger partial charge in [0, 0.05) is 10.5 Å². The second-order valence-electron chi connectivity index (χ2n) is 5.49. The number of benzene rings is 2. The molecule has 0 aliphatic rings. The molecule has 0 aliphatic heterocycles. The Balaban J connectivity index is 2.48. The van der Waals surface area contributed by atoms with Crippen LogP contribution in [-0.2, 0) is 9.53 Å². The molecule has 0 radical (unpaired) electrons. The second kappa shape index (κ2) is 8.73. The molecule has 0 aromatic heterocycles. The molecule has 0 aliphatic carbocycles. The van der Waals surface area contributed by atoms with Gasteiger partial charge in [0.2, 0.25) is 6.54 Å². The summed E-state index contributed by atoms with van der Waals surface area (Å²) in [6.45, 7) is 1.19. The molecule has 0 amide bonds. The standard InChI is InChI=1S/C19H19NO5/c1-2-25-19(22)17(18(21)15-11-7-4-8-12-15)16(13-20(23)24)14-9-5-3-6-10-14/h3-12,16-17H,2,13H2,1H3/t16-,17-/m1/s1. The third-order valence-corrected chi connectivity index (χ3v) is 3.86. The van der Waals surface area contributed by atoms with E-state index < -0.39 is 35.1 Å². The highest BCUT2D eigenvalue weighted by atomic mass is 16.6. The molecule has 2 aromatic rings. The molecule has 2 aromatic carbocycles. The van der Waals surface area contributed by atoms with Gasteiger partial charge < -0.3 is 4.74 Å².